The molecule has 0 bridgehead atoms. The van der Waals surface area contributed by atoms with Gasteiger partial charge in [0, 0.05) is 39.3 Å². The number of guanidine groups is 1. The van der Waals surface area contributed by atoms with Gasteiger partial charge in [0.05, 0.1) is 13.0 Å². The zero-order valence-electron chi connectivity index (χ0n) is 17.3. The quantitative estimate of drug-likeness (QED) is 0.451. The van der Waals surface area contributed by atoms with Gasteiger partial charge in [-0.1, -0.05) is 37.3 Å². The van der Waals surface area contributed by atoms with E-state index >= 15 is 0 Å². The van der Waals surface area contributed by atoms with E-state index in [4.69, 9.17) is 4.74 Å². The van der Waals surface area contributed by atoms with Crippen molar-refractivity contribution >= 4 is 11.9 Å². The maximum absolute atomic E-state index is 11.9. The summed E-state index contributed by atoms with van der Waals surface area (Å²) in [7, 11) is 5.41. The van der Waals surface area contributed by atoms with Crippen molar-refractivity contribution in [2.45, 2.75) is 32.9 Å². The summed E-state index contributed by atoms with van der Waals surface area (Å²) in [4.78, 5) is 20.8. The van der Waals surface area contributed by atoms with Crippen LogP contribution in [0.4, 0.5) is 0 Å². The van der Waals surface area contributed by atoms with Crippen LogP contribution in [0.15, 0.2) is 35.3 Å². The average Bonchev–Trinajstić information content (AvgIpc) is 3.06. The Balaban J connectivity index is 1.78. The van der Waals surface area contributed by atoms with Gasteiger partial charge in [-0.3, -0.25) is 14.7 Å². The van der Waals surface area contributed by atoms with E-state index in [1.807, 2.05) is 6.07 Å². The van der Waals surface area contributed by atoms with Crippen molar-refractivity contribution in [3.8, 4) is 0 Å². The summed E-state index contributed by atoms with van der Waals surface area (Å²) >= 11 is 0. The molecular weight excluding hydrogens is 340 g/mol. The molecular formula is C21H34N4O2. The van der Waals surface area contributed by atoms with Crippen molar-refractivity contribution in [2.24, 2.45) is 16.8 Å². The Labute approximate surface area is 163 Å². The highest BCUT2D eigenvalue weighted by Crippen LogP contribution is 2.24. The van der Waals surface area contributed by atoms with Crippen LogP contribution in [0, 0.1) is 11.8 Å². The fraction of sp³-hybridized carbons (Fsp3) is 0.619. The highest BCUT2D eigenvalue weighted by atomic mass is 16.5. The number of aliphatic imine (C=N–C) groups is 1. The molecule has 1 N–H and O–H groups in total. The zero-order chi connectivity index (χ0) is 19.8. The smallest absolute Gasteiger partial charge is 0.310 e. The average molecular weight is 375 g/mol. The maximum atomic E-state index is 11.9. The van der Waals surface area contributed by atoms with Gasteiger partial charge < -0.3 is 15.0 Å². The summed E-state index contributed by atoms with van der Waals surface area (Å²) in [6, 6.07) is 11.0. The van der Waals surface area contributed by atoms with Crippen LogP contribution in [0.2, 0.25) is 0 Å². The third-order valence-electron chi connectivity index (χ3n) is 5.50. The number of hydrogen-bond donors (Lipinski definition) is 1. The minimum atomic E-state index is -0.128. The van der Waals surface area contributed by atoms with Gasteiger partial charge in [-0.25, -0.2) is 0 Å². The molecule has 6 nitrogen and oxygen atoms in total. The number of likely N-dealkylation sites (tertiary alicyclic amines) is 1. The predicted molar refractivity (Wildman–Crippen MR) is 110 cm³/mol. The summed E-state index contributed by atoms with van der Waals surface area (Å²) in [6.07, 6.45) is 1.02. The van der Waals surface area contributed by atoms with E-state index in [9.17, 15) is 4.79 Å². The Morgan fingerprint density at radius 1 is 1.37 bits per heavy atom. The molecule has 1 aromatic rings. The molecule has 0 saturated carbocycles. The Morgan fingerprint density at radius 3 is 2.70 bits per heavy atom. The molecule has 1 saturated heterocycles. The summed E-state index contributed by atoms with van der Waals surface area (Å²) in [5.41, 5.74) is 1.33. The van der Waals surface area contributed by atoms with Gasteiger partial charge in [-0.15, -0.1) is 0 Å². The van der Waals surface area contributed by atoms with Gasteiger partial charge in [0.2, 0.25) is 0 Å². The van der Waals surface area contributed by atoms with Crippen LogP contribution in [0.5, 0.6) is 0 Å². The normalized spacial score (nSPS) is 21.4. The fourth-order valence-corrected chi connectivity index (χ4v) is 3.57. The van der Waals surface area contributed by atoms with E-state index in [0.29, 0.717) is 12.6 Å². The second-order valence-electron chi connectivity index (χ2n) is 7.52. The number of esters is 1. The number of rotatable bonds is 7. The molecule has 3 atom stereocenters. The predicted octanol–water partition coefficient (Wildman–Crippen LogP) is 2.21. The number of benzene rings is 1. The molecule has 0 radical (unpaired) electrons. The van der Waals surface area contributed by atoms with Crippen LogP contribution in [-0.2, 0) is 16.1 Å². The Bertz CT molecular complexity index is 620. The topological polar surface area (TPSA) is 57.2 Å². The van der Waals surface area contributed by atoms with Crippen molar-refractivity contribution < 1.29 is 9.53 Å². The summed E-state index contributed by atoms with van der Waals surface area (Å²) in [5, 5.41) is 3.46. The van der Waals surface area contributed by atoms with Gasteiger partial charge in [-0.2, -0.15) is 0 Å². The standard InChI is InChI=1S/C21H34N4O2/c1-16-13-25(15-19(16)20(26)27-5)21(22-3)23-12-11-17(2)24(4)14-18-9-7-6-8-10-18/h6-10,16-17,19H,11-15H2,1-5H3,(H,22,23). The van der Waals surface area contributed by atoms with E-state index in [1.54, 1.807) is 7.05 Å². The molecule has 3 unspecified atom stereocenters. The minimum Gasteiger partial charge on any atom is -0.469 e. The molecule has 1 heterocycles. The molecule has 150 valence electrons. The lowest BCUT2D eigenvalue weighted by atomic mass is 9.99. The minimum absolute atomic E-state index is 0.0792. The van der Waals surface area contributed by atoms with Gasteiger partial charge in [0.25, 0.3) is 0 Å². The van der Waals surface area contributed by atoms with Crippen molar-refractivity contribution in [3.63, 3.8) is 0 Å². The van der Waals surface area contributed by atoms with Crippen LogP contribution >= 0.6 is 0 Å². The number of nitrogens with zero attached hydrogens (tertiary/aromatic N) is 3. The van der Waals surface area contributed by atoms with Crippen LogP contribution in [-0.4, -0.2) is 68.6 Å². The second-order valence-corrected chi connectivity index (χ2v) is 7.52. The van der Waals surface area contributed by atoms with Crippen molar-refractivity contribution in [2.75, 3.05) is 40.8 Å². The van der Waals surface area contributed by atoms with Crippen LogP contribution in [0.3, 0.4) is 0 Å². The maximum Gasteiger partial charge on any atom is 0.310 e. The summed E-state index contributed by atoms with van der Waals surface area (Å²) in [5.74, 6) is 0.930. The molecule has 1 aromatic carbocycles. The Hall–Kier alpha value is -2.08. The van der Waals surface area contributed by atoms with Gasteiger partial charge in [-0.05, 0) is 31.9 Å². The largest absolute Gasteiger partial charge is 0.469 e. The lowest BCUT2D eigenvalue weighted by molar-refractivity contribution is -0.145. The molecule has 0 aliphatic carbocycles. The molecule has 27 heavy (non-hydrogen) atoms. The molecule has 1 aliphatic rings. The van der Waals surface area contributed by atoms with E-state index in [2.05, 4.69) is 65.3 Å². The van der Waals surface area contributed by atoms with E-state index in [-0.39, 0.29) is 17.8 Å². The monoisotopic (exact) mass is 374 g/mol. The van der Waals surface area contributed by atoms with Crippen LogP contribution in [0.1, 0.15) is 25.8 Å². The third-order valence-corrected chi connectivity index (χ3v) is 5.50. The molecule has 1 fully saturated rings. The van der Waals surface area contributed by atoms with Crippen LogP contribution in [0.25, 0.3) is 0 Å². The van der Waals surface area contributed by atoms with E-state index in [1.165, 1.54) is 12.7 Å². The summed E-state index contributed by atoms with van der Waals surface area (Å²) in [6.45, 7) is 7.62. The highest BCUT2D eigenvalue weighted by Gasteiger charge is 2.36. The lowest BCUT2D eigenvalue weighted by Crippen LogP contribution is -2.42. The van der Waals surface area contributed by atoms with Crippen molar-refractivity contribution in [1.29, 1.82) is 0 Å². The number of ether oxygens (including phenoxy) is 1. The van der Waals surface area contributed by atoms with E-state index in [0.717, 1.165) is 32.0 Å². The van der Waals surface area contributed by atoms with Gasteiger partial charge in [0.15, 0.2) is 5.96 Å². The number of methoxy groups -OCH3 is 1. The molecule has 2 rings (SSSR count). The second kappa shape index (κ2) is 10.3. The number of hydrogen-bond acceptors (Lipinski definition) is 4. The Kier molecular flexibility index (Phi) is 8.10. The van der Waals surface area contributed by atoms with Crippen molar-refractivity contribution in [1.82, 2.24) is 15.1 Å². The molecule has 6 heteroatoms. The Morgan fingerprint density at radius 2 is 2.07 bits per heavy atom. The SMILES string of the molecule is CN=C(NCCC(C)N(C)Cc1ccccc1)N1CC(C)C(C(=O)OC)C1. The first-order valence-corrected chi connectivity index (χ1v) is 9.73. The number of carbonyl (C=O) groups is 1. The molecule has 0 aromatic heterocycles. The molecule has 0 amide bonds. The number of nitrogens with one attached hydrogen (secondary N) is 1. The zero-order valence-corrected chi connectivity index (χ0v) is 17.3. The first kappa shape index (κ1) is 21.2. The number of carbonyl (C=O) groups excluding carboxylic acids is 1. The first-order chi connectivity index (χ1) is 13.0. The molecule has 0 spiro atoms. The van der Waals surface area contributed by atoms with Gasteiger partial charge in [0.1, 0.15) is 0 Å². The third kappa shape index (κ3) is 5.96. The van der Waals surface area contributed by atoms with Gasteiger partial charge >= 0.3 is 5.97 Å². The lowest BCUT2D eigenvalue weighted by Gasteiger charge is -2.26. The van der Waals surface area contributed by atoms with Crippen molar-refractivity contribution in [3.05, 3.63) is 35.9 Å². The van der Waals surface area contributed by atoms with Crippen LogP contribution < -0.4 is 5.32 Å². The molecule has 1 aliphatic heterocycles. The summed E-state index contributed by atoms with van der Waals surface area (Å²) < 4.78 is 4.92. The highest BCUT2D eigenvalue weighted by molar-refractivity contribution is 5.82. The first-order valence-electron chi connectivity index (χ1n) is 9.73. The fourth-order valence-electron chi connectivity index (χ4n) is 3.57. The van der Waals surface area contributed by atoms with E-state index < -0.39 is 0 Å².